The monoisotopic (exact) mass is 461 g/mol. The molecule has 2 aromatic heterocycles. The van der Waals surface area contributed by atoms with Crippen LogP contribution in [0.1, 0.15) is 69.9 Å². The number of carbonyl (C=O) groups is 2. The summed E-state index contributed by atoms with van der Waals surface area (Å²) >= 11 is 0. The highest BCUT2D eigenvalue weighted by atomic mass is 16.2. The van der Waals surface area contributed by atoms with E-state index in [-0.39, 0.29) is 23.8 Å². The fraction of sp³-hybridized carbons (Fsp3) is 0.444. The van der Waals surface area contributed by atoms with Crippen LogP contribution in [-0.4, -0.2) is 50.7 Å². The van der Waals surface area contributed by atoms with E-state index in [1.807, 2.05) is 56.5 Å². The van der Waals surface area contributed by atoms with Crippen molar-refractivity contribution in [2.45, 2.75) is 51.0 Å². The number of hydrogen-bond acceptors (Lipinski definition) is 3. The predicted octanol–water partition coefficient (Wildman–Crippen LogP) is 3.70. The molecule has 0 spiro atoms. The summed E-state index contributed by atoms with van der Waals surface area (Å²) in [6.07, 6.45) is 6.57. The van der Waals surface area contributed by atoms with Gasteiger partial charge in [0.15, 0.2) is 0 Å². The Labute approximate surface area is 201 Å². The highest BCUT2D eigenvalue weighted by molar-refractivity contribution is 5.94. The molecule has 0 saturated carbocycles. The van der Waals surface area contributed by atoms with Crippen LogP contribution in [0.2, 0.25) is 0 Å². The zero-order valence-electron chi connectivity index (χ0n) is 20.6. The van der Waals surface area contributed by atoms with Crippen LogP contribution in [0.3, 0.4) is 0 Å². The van der Waals surface area contributed by atoms with Crippen molar-refractivity contribution < 1.29 is 9.59 Å². The van der Waals surface area contributed by atoms with Gasteiger partial charge in [0.2, 0.25) is 0 Å². The third kappa shape index (κ3) is 4.79. The number of nitrogens with one attached hydrogen (secondary N) is 1. The molecular weight excluding hydrogens is 426 g/mol. The van der Waals surface area contributed by atoms with Gasteiger partial charge >= 0.3 is 0 Å². The first-order chi connectivity index (χ1) is 16.4. The summed E-state index contributed by atoms with van der Waals surface area (Å²) in [5, 5.41) is 7.69. The number of aromatic nitrogens is 3. The molecular formula is C27H35N5O2. The Morgan fingerprint density at radius 3 is 2.53 bits per heavy atom. The largest absolute Gasteiger partial charge is 0.351 e. The van der Waals surface area contributed by atoms with Crippen LogP contribution in [0.5, 0.6) is 0 Å². The molecule has 2 unspecified atom stereocenters. The van der Waals surface area contributed by atoms with Crippen LogP contribution in [-0.2, 0) is 26.9 Å². The lowest BCUT2D eigenvalue weighted by Gasteiger charge is -2.34. The van der Waals surface area contributed by atoms with Gasteiger partial charge < -0.3 is 14.8 Å². The van der Waals surface area contributed by atoms with E-state index >= 15 is 0 Å². The number of benzene rings is 1. The summed E-state index contributed by atoms with van der Waals surface area (Å²) in [5.41, 5.74) is 4.67. The van der Waals surface area contributed by atoms with Crippen molar-refractivity contribution in [3.05, 3.63) is 76.9 Å². The Hall–Kier alpha value is -3.35. The van der Waals surface area contributed by atoms with Crippen molar-refractivity contribution in [3.8, 4) is 0 Å². The molecule has 34 heavy (non-hydrogen) atoms. The lowest BCUT2D eigenvalue weighted by Crippen LogP contribution is -2.43. The molecule has 7 nitrogen and oxygen atoms in total. The lowest BCUT2D eigenvalue weighted by atomic mass is 9.89. The molecule has 1 N–H and O–H groups in total. The number of nitrogens with zero attached hydrogens (tertiary/aromatic N) is 4. The van der Waals surface area contributed by atoms with Gasteiger partial charge in [-0.15, -0.1) is 0 Å². The van der Waals surface area contributed by atoms with Gasteiger partial charge in [0.05, 0.1) is 5.69 Å². The van der Waals surface area contributed by atoms with Gasteiger partial charge in [-0.2, -0.15) is 5.10 Å². The van der Waals surface area contributed by atoms with Gasteiger partial charge in [-0.05, 0) is 49.8 Å². The van der Waals surface area contributed by atoms with Gasteiger partial charge in [0, 0.05) is 51.4 Å². The van der Waals surface area contributed by atoms with Crippen LogP contribution in [0, 0.1) is 0 Å². The maximum absolute atomic E-state index is 13.8. The van der Waals surface area contributed by atoms with Gasteiger partial charge in [-0.25, -0.2) is 0 Å². The minimum Gasteiger partial charge on any atom is -0.351 e. The van der Waals surface area contributed by atoms with E-state index in [1.54, 1.807) is 15.3 Å². The quantitative estimate of drug-likeness (QED) is 0.556. The summed E-state index contributed by atoms with van der Waals surface area (Å²) in [6, 6.07) is 13.8. The average Bonchev–Trinajstić information content (AvgIpc) is 3.43. The molecule has 2 atom stereocenters. The smallest absolute Gasteiger partial charge is 0.272 e. The Bertz CT molecular complexity index is 1150. The minimum absolute atomic E-state index is 0.000285. The van der Waals surface area contributed by atoms with Crippen molar-refractivity contribution in [3.63, 3.8) is 0 Å². The highest BCUT2D eigenvalue weighted by Gasteiger charge is 2.32. The zero-order valence-corrected chi connectivity index (χ0v) is 20.6. The molecule has 0 aliphatic heterocycles. The molecule has 0 bridgehead atoms. The van der Waals surface area contributed by atoms with E-state index in [0.717, 1.165) is 36.9 Å². The first-order valence-electron chi connectivity index (χ1n) is 12.1. The maximum atomic E-state index is 13.8. The SMILES string of the molecule is CC(c1ccccc1)C(CCNC(=O)c1cccn1C)N(C)C(=O)c1c2c(nn1C)CCCC2. The number of hydrogen-bond donors (Lipinski definition) is 1. The van der Waals surface area contributed by atoms with Gasteiger partial charge in [0.25, 0.3) is 11.8 Å². The van der Waals surface area contributed by atoms with Crippen molar-refractivity contribution in [2.75, 3.05) is 13.6 Å². The average molecular weight is 462 g/mol. The Balaban J connectivity index is 1.55. The van der Waals surface area contributed by atoms with Gasteiger partial charge in [-0.3, -0.25) is 14.3 Å². The lowest BCUT2D eigenvalue weighted by molar-refractivity contribution is 0.0689. The predicted molar refractivity (Wildman–Crippen MR) is 133 cm³/mol. The zero-order chi connectivity index (χ0) is 24.2. The summed E-state index contributed by atoms with van der Waals surface area (Å²) in [7, 11) is 5.61. The third-order valence-electron chi connectivity index (χ3n) is 7.14. The first kappa shape index (κ1) is 23.8. The molecule has 1 aliphatic rings. The molecule has 3 aromatic rings. The summed E-state index contributed by atoms with van der Waals surface area (Å²) in [5.74, 6) is -0.000803. The standard InChI is InChI=1S/C27H35N5O2/c1-19(20-11-6-5-7-12-20)23(16-17-28-26(33)24-15-10-18-30(24)2)31(3)27(34)25-21-13-8-9-14-22(21)29-32(25)4/h5-7,10-12,15,18-19,23H,8-9,13-14,16-17H2,1-4H3,(H,28,33). The van der Waals surface area contributed by atoms with Crippen molar-refractivity contribution >= 4 is 11.8 Å². The Morgan fingerprint density at radius 2 is 1.82 bits per heavy atom. The molecule has 1 aliphatic carbocycles. The number of fused-ring (bicyclic) bond motifs is 1. The molecule has 2 amide bonds. The molecule has 4 rings (SSSR count). The fourth-order valence-corrected chi connectivity index (χ4v) is 5.15. The number of carbonyl (C=O) groups excluding carboxylic acids is 2. The summed E-state index contributed by atoms with van der Waals surface area (Å²) in [6.45, 7) is 2.63. The number of rotatable bonds is 8. The second-order valence-electron chi connectivity index (χ2n) is 9.34. The summed E-state index contributed by atoms with van der Waals surface area (Å²) in [4.78, 5) is 28.3. The maximum Gasteiger partial charge on any atom is 0.272 e. The van der Waals surface area contributed by atoms with E-state index in [2.05, 4.69) is 29.5 Å². The molecule has 180 valence electrons. The topological polar surface area (TPSA) is 72.2 Å². The molecule has 1 aromatic carbocycles. The van der Waals surface area contributed by atoms with Gasteiger partial charge in [-0.1, -0.05) is 37.3 Å². The highest BCUT2D eigenvalue weighted by Crippen LogP contribution is 2.29. The molecule has 2 heterocycles. The van der Waals surface area contributed by atoms with E-state index in [9.17, 15) is 9.59 Å². The number of likely N-dealkylation sites (N-methyl/N-ethyl adjacent to an activating group) is 1. The van der Waals surface area contributed by atoms with E-state index < -0.39 is 0 Å². The molecule has 0 radical (unpaired) electrons. The Morgan fingerprint density at radius 1 is 1.09 bits per heavy atom. The third-order valence-corrected chi connectivity index (χ3v) is 7.14. The van der Waals surface area contributed by atoms with E-state index in [1.165, 1.54) is 5.56 Å². The van der Waals surface area contributed by atoms with Crippen LogP contribution >= 0.6 is 0 Å². The first-order valence-corrected chi connectivity index (χ1v) is 12.1. The molecule has 0 saturated heterocycles. The summed E-state index contributed by atoms with van der Waals surface area (Å²) < 4.78 is 3.57. The second-order valence-corrected chi connectivity index (χ2v) is 9.34. The Kier molecular flexibility index (Phi) is 7.20. The van der Waals surface area contributed by atoms with E-state index in [0.29, 0.717) is 24.4 Å². The number of aryl methyl sites for hydroxylation is 3. The molecule has 7 heteroatoms. The second kappa shape index (κ2) is 10.3. The van der Waals surface area contributed by atoms with Crippen LogP contribution < -0.4 is 5.32 Å². The van der Waals surface area contributed by atoms with Crippen molar-refractivity contribution in [1.29, 1.82) is 0 Å². The van der Waals surface area contributed by atoms with Crippen molar-refractivity contribution in [2.24, 2.45) is 14.1 Å². The number of amides is 2. The molecule has 0 fully saturated rings. The fourth-order valence-electron chi connectivity index (χ4n) is 5.15. The van der Waals surface area contributed by atoms with E-state index in [4.69, 9.17) is 0 Å². The van der Waals surface area contributed by atoms with Gasteiger partial charge in [0.1, 0.15) is 11.4 Å². The van der Waals surface area contributed by atoms with Crippen LogP contribution in [0.4, 0.5) is 0 Å². The van der Waals surface area contributed by atoms with Crippen molar-refractivity contribution in [1.82, 2.24) is 24.6 Å². The normalized spacial score (nSPS) is 14.8. The van der Waals surface area contributed by atoms with Crippen LogP contribution in [0.25, 0.3) is 0 Å². The van der Waals surface area contributed by atoms with Crippen LogP contribution in [0.15, 0.2) is 48.7 Å². The minimum atomic E-state index is -0.103.